The maximum absolute atomic E-state index is 12.1. The van der Waals surface area contributed by atoms with E-state index in [4.69, 9.17) is 0 Å². The number of rotatable bonds is 3. The number of carbonyl (C=O) groups excluding carboxylic acids is 1. The van der Waals surface area contributed by atoms with Gasteiger partial charge in [0.05, 0.1) is 5.56 Å². The Hall–Kier alpha value is -0.900. The van der Waals surface area contributed by atoms with Crippen molar-refractivity contribution in [1.82, 2.24) is 10.3 Å². The lowest BCUT2D eigenvalue weighted by atomic mass is 9.84. The smallest absolute Gasteiger partial charge is 0.253 e. The van der Waals surface area contributed by atoms with E-state index in [1.165, 1.54) is 19.3 Å². The van der Waals surface area contributed by atoms with Gasteiger partial charge in [0, 0.05) is 12.2 Å². The van der Waals surface area contributed by atoms with Crippen molar-refractivity contribution in [2.45, 2.75) is 45.1 Å². The zero-order valence-electron chi connectivity index (χ0n) is 10.7. The van der Waals surface area contributed by atoms with Crippen LogP contribution in [-0.4, -0.2) is 16.9 Å². The molecule has 0 spiro atoms. The second-order valence-corrected chi connectivity index (χ2v) is 5.79. The van der Waals surface area contributed by atoms with E-state index in [0.29, 0.717) is 11.6 Å². The number of nitrogens with zero attached hydrogens (tertiary/aromatic N) is 1. The van der Waals surface area contributed by atoms with Gasteiger partial charge in [-0.1, -0.05) is 26.2 Å². The average molecular weight is 311 g/mol. The van der Waals surface area contributed by atoms with E-state index in [9.17, 15) is 4.79 Å². The van der Waals surface area contributed by atoms with Crippen LogP contribution in [-0.2, 0) is 0 Å². The van der Waals surface area contributed by atoms with E-state index in [-0.39, 0.29) is 5.91 Å². The van der Waals surface area contributed by atoms with Crippen LogP contribution in [0.4, 0.5) is 0 Å². The highest BCUT2D eigenvalue weighted by atomic mass is 79.9. The van der Waals surface area contributed by atoms with Crippen molar-refractivity contribution in [2.24, 2.45) is 5.92 Å². The van der Waals surface area contributed by atoms with Gasteiger partial charge in [-0.25, -0.2) is 4.98 Å². The van der Waals surface area contributed by atoms with Gasteiger partial charge in [0.2, 0.25) is 0 Å². The predicted octanol–water partition coefficient (Wildman–Crippen LogP) is 3.54. The first kappa shape index (κ1) is 13.5. The van der Waals surface area contributed by atoms with Gasteiger partial charge in [0.25, 0.3) is 5.91 Å². The molecule has 1 aromatic rings. The molecule has 2 atom stereocenters. The monoisotopic (exact) mass is 310 g/mol. The second kappa shape index (κ2) is 6.32. The Bertz CT molecular complexity index is 405. The molecule has 3 nitrogen and oxygen atoms in total. The van der Waals surface area contributed by atoms with Crippen LogP contribution in [0.2, 0.25) is 0 Å². The zero-order valence-corrected chi connectivity index (χ0v) is 12.2. The lowest BCUT2D eigenvalue weighted by Crippen LogP contribution is -2.38. The quantitative estimate of drug-likeness (QED) is 0.868. The molecule has 1 saturated carbocycles. The van der Waals surface area contributed by atoms with Gasteiger partial charge < -0.3 is 5.32 Å². The van der Waals surface area contributed by atoms with Gasteiger partial charge in [0.1, 0.15) is 4.60 Å². The molecule has 0 aromatic carbocycles. The topological polar surface area (TPSA) is 42.0 Å². The molecule has 1 amide bonds. The van der Waals surface area contributed by atoms with Gasteiger partial charge in [-0.2, -0.15) is 0 Å². The Labute approximate surface area is 117 Å². The molecular weight excluding hydrogens is 292 g/mol. The van der Waals surface area contributed by atoms with Crippen molar-refractivity contribution in [3.05, 3.63) is 28.5 Å². The number of hydrogen-bond donors (Lipinski definition) is 1. The molecule has 0 radical (unpaired) electrons. The number of nitrogens with one attached hydrogen (secondary N) is 1. The largest absolute Gasteiger partial charge is 0.349 e. The van der Waals surface area contributed by atoms with E-state index in [2.05, 4.69) is 33.2 Å². The Morgan fingerprint density at radius 3 is 3.00 bits per heavy atom. The number of amides is 1. The molecule has 1 heterocycles. The van der Waals surface area contributed by atoms with Crippen LogP contribution < -0.4 is 5.32 Å². The fourth-order valence-electron chi connectivity index (χ4n) is 2.57. The lowest BCUT2D eigenvalue weighted by Gasteiger charge is -2.29. The summed E-state index contributed by atoms with van der Waals surface area (Å²) in [4.78, 5) is 16.1. The minimum absolute atomic E-state index is 0.00301. The van der Waals surface area contributed by atoms with Crippen LogP contribution in [0.5, 0.6) is 0 Å². The van der Waals surface area contributed by atoms with E-state index >= 15 is 0 Å². The standard InChI is InChI=1S/C14H19BrN2O/c1-2-10-4-3-5-12(8-10)17-14(18)11-6-7-13(15)16-9-11/h6-7,9-10,12H,2-5,8H2,1H3,(H,17,18). The Kier molecular flexibility index (Phi) is 4.75. The van der Waals surface area contributed by atoms with Gasteiger partial charge >= 0.3 is 0 Å². The summed E-state index contributed by atoms with van der Waals surface area (Å²) in [6.07, 6.45) is 7.58. The number of halogens is 1. The van der Waals surface area contributed by atoms with Crippen molar-refractivity contribution >= 4 is 21.8 Å². The first-order chi connectivity index (χ1) is 8.69. The first-order valence-electron chi connectivity index (χ1n) is 6.61. The highest BCUT2D eigenvalue weighted by molar-refractivity contribution is 9.10. The minimum Gasteiger partial charge on any atom is -0.349 e. The van der Waals surface area contributed by atoms with Gasteiger partial charge in [-0.3, -0.25) is 4.79 Å². The van der Waals surface area contributed by atoms with Crippen LogP contribution in [0.1, 0.15) is 49.4 Å². The summed E-state index contributed by atoms with van der Waals surface area (Å²) >= 11 is 3.27. The summed E-state index contributed by atoms with van der Waals surface area (Å²) in [5.41, 5.74) is 0.636. The van der Waals surface area contributed by atoms with E-state index in [1.807, 2.05) is 0 Å². The van der Waals surface area contributed by atoms with Crippen molar-refractivity contribution in [1.29, 1.82) is 0 Å². The van der Waals surface area contributed by atoms with Crippen LogP contribution >= 0.6 is 15.9 Å². The molecule has 4 heteroatoms. The van der Waals surface area contributed by atoms with Crippen LogP contribution in [0.3, 0.4) is 0 Å². The first-order valence-corrected chi connectivity index (χ1v) is 7.40. The number of pyridine rings is 1. The summed E-state index contributed by atoms with van der Waals surface area (Å²) < 4.78 is 0.753. The molecule has 2 rings (SSSR count). The zero-order chi connectivity index (χ0) is 13.0. The number of aromatic nitrogens is 1. The molecule has 1 aliphatic carbocycles. The third-order valence-corrected chi connectivity index (χ3v) is 4.15. The third kappa shape index (κ3) is 3.55. The second-order valence-electron chi connectivity index (χ2n) is 4.98. The fourth-order valence-corrected chi connectivity index (χ4v) is 2.81. The summed E-state index contributed by atoms with van der Waals surface area (Å²) in [5, 5.41) is 3.12. The average Bonchev–Trinajstić information content (AvgIpc) is 2.39. The van der Waals surface area contributed by atoms with E-state index in [1.54, 1.807) is 18.3 Å². The Morgan fingerprint density at radius 2 is 2.33 bits per heavy atom. The van der Waals surface area contributed by atoms with E-state index < -0.39 is 0 Å². The lowest BCUT2D eigenvalue weighted by molar-refractivity contribution is 0.0918. The Balaban J connectivity index is 1.92. The summed E-state index contributed by atoms with van der Waals surface area (Å²) in [5.74, 6) is 0.767. The number of hydrogen-bond acceptors (Lipinski definition) is 2. The molecule has 0 bridgehead atoms. The molecule has 1 N–H and O–H groups in total. The maximum Gasteiger partial charge on any atom is 0.253 e. The molecule has 0 aliphatic heterocycles. The molecule has 0 saturated heterocycles. The summed E-state index contributed by atoms with van der Waals surface area (Å²) in [7, 11) is 0. The molecular formula is C14H19BrN2O. The highest BCUT2D eigenvalue weighted by Gasteiger charge is 2.22. The molecule has 2 unspecified atom stereocenters. The maximum atomic E-state index is 12.1. The van der Waals surface area contributed by atoms with Crippen LogP contribution in [0.15, 0.2) is 22.9 Å². The van der Waals surface area contributed by atoms with Crippen molar-refractivity contribution < 1.29 is 4.79 Å². The normalized spacial score (nSPS) is 23.7. The molecule has 18 heavy (non-hydrogen) atoms. The highest BCUT2D eigenvalue weighted by Crippen LogP contribution is 2.26. The number of carbonyl (C=O) groups is 1. The van der Waals surface area contributed by atoms with Crippen molar-refractivity contribution in [3.63, 3.8) is 0 Å². The minimum atomic E-state index is -0.00301. The van der Waals surface area contributed by atoms with Gasteiger partial charge in [0.15, 0.2) is 0 Å². The predicted molar refractivity (Wildman–Crippen MR) is 75.4 cm³/mol. The van der Waals surface area contributed by atoms with E-state index in [0.717, 1.165) is 23.4 Å². The summed E-state index contributed by atoms with van der Waals surface area (Å²) in [6.45, 7) is 2.23. The molecule has 1 aliphatic rings. The van der Waals surface area contributed by atoms with Gasteiger partial charge in [-0.15, -0.1) is 0 Å². The van der Waals surface area contributed by atoms with Crippen LogP contribution in [0, 0.1) is 5.92 Å². The SMILES string of the molecule is CCC1CCCC(NC(=O)c2ccc(Br)nc2)C1. The van der Waals surface area contributed by atoms with Gasteiger partial charge in [-0.05, 0) is 46.8 Å². The summed E-state index contributed by atoms with van der Waals surface area (Å²) in [6, 6.07) is 3.93. The fraction of sp³-hybridized carbons (Fsp3) is 0.571. The molecule has 98 valence electrons. The third-order valence-electron chi connectivity index (χ3n) is 3.68. The molecule has 1 aromatic heterocycles. The van der Waals surface area contributed by atoms with Crippen LogP contribution in [0.25, 0.3) is 0 Å². The Morgan fingerprint density at radius 1 is 1.50 bits per heavy atom. The van der Waals surface area contributed by atoms with Crippen molar-refractivity contribution in [2.75, 3.05) is 0 Å². The molecule has 1 fully saturated rings. The van der Waals surface area contributed by atoms with Crippen molar-refractivity contribution in [3.8, 4) is 0 Å².